The Kier molecular flexibility index (Phi) is 15.0. The fraction of sp³-hybridized carbons (Fsp3) is 0.593. The lowest BCUT2D eigenvalue weighted by Crippen LogP contribution is -2.63. The molecule has 2 rings (SSSR count). The van der Waals surface area contributed by atoms with E-state index in [9.17, 15) is 32.4 Å². The third-order valence-corrected chi connectivity index (χ3v) is 7.80. The maximum atomic E-state index is 12.2. The quantitative estimate of drug-likeness (QED) is 0.138. The van der Waals surface area contributed by atoms with Crippen molar-refractivity contribution in [2.24, 2.45) is 5.14 Å². The van der Waals surface area contributed by atoms with Crippen molar-refractivity contribution in [3.05, 3.63) is 29.8 Å². The van der Waals surface area contributed by atoms with E-state index in [4.69, 9.17) is 33.6 Å². The molecule has 0 unspecified atom stereocenters. The van der Waals surface area contributed by atoms with Crippen molar-refractivity contribution >= 4 is 51.6 Å². The minimum Gasteiger partial charge on any atom is -0.463 e. The lowest BCUT2D eigenvalue weighted by atomic mass is 9.98. The number of ether oxygens (including phenoxy) is 6. The first-order chi connectivity index (χ1) is 20.7. The van der Waals surface area contributed by atoms with Gasteiger partial charge >= 0.3 is 23.9 Å². The molecule has 246 valence electrons. The summed E-state index contributed by atoms with van der Waals surface area (Å²) in [6, 6.07) is 6.08. The molecule has 0 bridgehead atoms. The molecule has 1 aromatic carbocycles. The van der Waals surface area contributed by atoms with E-state index >= 15 is 0 Å². The Balaban J connectivity index is 1.88. The number of hydrogen-bond acceptors (Lipinski definition) is 14. The van der Waals surface area contributed by atoms with Crippen LogP contribution in [0.25, 0.3) is 0 Å². The minimum absolute atomic E-state index is 0.0143. The number of sulfonamides is 1. The van der Waals surface area contributed by atoms with E-state index in [1.807, 2.05) is 0 Å². The van der Waals surface area contributed by atoms with Gasteiger partial charge in [-0.05, 0) is 24.1 Å². The lowest BCUT2D eigenvalue weighted by Gasteiger charge is -2.44. The van der Waals surface area contributed by atoms with Gasteiger partial charge in [0, 0.05) is 52.2 Å². The monoisotopic (exact) mass is 662 g/mol. The normalized spacial score (nSPS) is 21.5. The second-order valence-corrected chi connectivity index (χ2v) is 12.4. The van der Waals surface area contributed by atoms with Crippen LogP contribution in [0.5, 0.6) is 0 Å². The highest BCUT2D eigenvalue weighted by Gasteiger charge is 2.52. The zero-order chi connectivity index (χ0) is 32.9. The molecule has 1 amide bonds. The van der Waals surface area contributed by atoms with E-state index in [2.05, 4.69) is 5.32 Å². The molecule has 1 heterocycles. The number of carbonyl (C=O) groups excluding carboxylic acids is 5. The smallest absolute Gasteiger partial charge is 0.303 e. The number of thioether (sulfide) groups is 1. The number of primary sulfonamides is 1. The molecule has 1 aliphatic heterocycles. The van der Waals surface area contributed by atoms with Gasteiger partial charge in [-0.1, -0.05) is 12.1 Å². The summed E-state index contributed by atoms with van der Waals surface area (Å²) in [6.07, 6.45) is -5.52. The van der Waals surface area contributed by atoms with Gasteiger partial charge < -0.3 is 33.7 Å². The molecule has 0 saturated carbocycles. The second-order valence-electron chi connectivity index (χ2n) is 9.59. The average molecular weight is 663 g/mol. The molecule has 0 aromatic heterocycles. The predicted molar refractivity (Wildman–Crippen MR) is 154 cm³/mol. The Bertz CT molecular complexity index is 1260. The van der Waals surface area contributed by atoms with Crippen molar-refractivity contribution < 1.29 is 60.8 Å². The number of esters is 4. The van der Waals surface area contributed by atoms with Gasteiger partial charge in [0.1, 0.15) is 12.7 Å². The zero-order valence-electron chi connectivity index (χ0n) is 24.8. The fourth-order valence-electron chi connectivity index (χ4n) is 4.09. The summed E-state index contributed by atoms with van der Waals surface area (Å²) >= 11 is 1.41. The SMILES string of the molecule is CC(=O)OC[C@H]1O[C@@H](OCCSCCC(=O)NCCc2ccc(S(N)(=O)=O)cc2)[C@H](OC(C)=O)[C@@H](OC(C)=O)[C@H]1OC(C)=O. The van der Waals surface area contributed by atoms with Gasteiger partial charge in [0.05, 0.1) is 11.5 Å². The molecule has 5 atom stereocenters. The van der Waals surface area contributed by atoms with Gasteiger partial charge in [-0.25, -0.2) is 13.6 Å². The topological polar surface area (TPSA) is 213 Å². The Morgan fingerprint density at radius 2 is 1.45 bits per heavy atom. The summed E-state index contributed by atoms with van der Waals surface area (Å²) in [5.74, 6) is -2.12. The summed E-state index contributed by atoms with van der Waals surface area (Å²) in [7, 11) is -3.76. The molecule has 0 aliphatic carbocycles. The van der Waals surface area contributed by atoms with Crippen LogP contribution in [0.2, 0.25) is 0 Å². The fourth-order valence-corrected chi connectivity index (χ4v) is 5.36. The number of benzene rings is 1. The van der Waals surface area contributed by atoms with Crippen molar-refractivity contribution in [2.75, 3.05) is 31.3 Å². The van der Waals surface area contributed by atoms with E-state index in [1.165, 1.54) is 30.8 Å². The van der Waals surface area contributed by atoms with Gasteiger partial charge in [-0.15, -0.1) is 0 Å². The van der Waals surface area contributed by atoms with Crippen LogP contribution >= 0.6 is 11.8 Å². The Morgan fingerprint density at radius 3 is 2.02 bits per heavy atom. The number of hydrogen-bond donors (Lipinski definition) is 2. The number of rotatable bonds is 16. The van der Waals surface area contributed by atoms with Crippen LogP contribution in [0.4, 0.5) is 0 Å². The minimum atomic E-state index is -3.76. The number of nitrogens with one attached hydrogen (secondary N) is 1. The zero-order valence-corrected chi connectivity index (χ0v) is 26.5. The van der Waals surface area contributed by atoms with E-state index in [-0.39, 0.29) is 30.4 Å². The summed E-state index contributed by atoms with van der Waals surface area (Å²) in [5.41, 5.74) is 0.839. The first kappa shape index (κ1) is 36.9. The Hall–Kier alpha value is -3.25. The molecule has 15 nitrogen and oxygen atoms in total. The molecular formula is C27H38N2O13S2. The van der Waals surface area contributed by atoms with Crippen LogP contribution in [-0.4, -0.2) is 100 Å². The maximum absolute atomic E-state index is 12.2. The Morgan fingerprint density at radius 1 is 0.864 bits per heavy atom. The standard InChI is InChI=1S/C27H38N2O13S2/c1-16(30)38-15-22-24(39-17(2)31)25(40-18(3)32)26(41-19(4)33)27(42-22)37-12-14-43-13-10-23(34)29-11-9-20-5-7-21(8-6-20)44(28,35)36/h5-8,22,24-27H,9-15H2,1-4H3,(H,29,34)(H2,28,35,36)/t22-,24+,25+,26-,27-/m1/s1. The van der Waals surface area contributed by atoms with E-state index in [0.29, 0.717) is 24.5 Å². The van der Waals surface area contributed by atoms with Crippen LogP contribution in [0.3, 0.4) is 0 Å². The summed E-state index contributed by atoms with van der Waals surface area (Å²) in [6.45, 7) is 4.66. The maximum Gasteiger partial charge on any atom is 0.303 e. The highest BCUT2D eigenvalue weighted by molar-refractivity contribution is 7.99. The van der Waals surface area contributed by atoms with Crippen molar-refractivity contribution in [1.29, 1.82) is 0 Å². The lowest BCUT2D eigenvalue weighted by molar-refractivity contribution is -0.307. The van der Waals surface area contributed by atoms with E-state index < -0.39 is 64.6 Å². The van der Waals surface area contributed by atoms with Gasteiger partial charge in [0.15, 0.2) is 24.6 Å². The molecule has 3 N–H and O–H groups in total. The van der Waals surface area contributed by atoms with Crippen molar-refractivity contribution in [2.45, 2.75) is 76.1 Å². The van der Waals surface area contributed by atoms with Crippen LogP contribution in [0, 0.1) is 0 Å². The van der Waals surface area contributed by atoms with Gasteiger partial charge in [-0.3, -0.25) is 24.0 Å². The van der Waals surface area contributed by atoms with Crippen LogP contribution < -0.4 is 10.5 Å². The highest BCUT2D eigenvalue weighted by atomic mass is 32.2. The molecule has 44 heavy (non-hydrogen) atoms. The summed E-state index contributed by atoms with van der Waals surface area (Å²) < 4.78 is 55.4. The van der Waals surface area contributed by atoms with Gasteiger partial charge in [0.2, 0.25) is 15.9 Å². The average Bonchev–Trinajstić information content (AvgIpc) is 2.91. The number of carbonyl (C=O) groups is 5. The van der Waals surface area contributed by atoms with Crippen LogP contribution in [-0.2, 0) is 68.8 Å². The molecule has 1 fully saturated rings. The molecular weight excluding hydrogens is 624 g/mol. The van der Waals surface area contributed by atoms with Crippen molar-refractivity contribution in [3.63, 3.8) is 0 Å². The van der Waals surface area contributed by atoms with Gasteiger partial charge in [0.25, 0.3) is 0 Å². The first-order valence-electron chi connectivity index (χ1n) is 13.6. The Labute approximate surface area is 259 Å². The largest absolute Gasteiger partial charge is 0.463 e. The second kappa shape index (κ2) is 17.9. The van der Waals surface area contributed by atoms with Crippen LogP contribution in [0.1, 0.15) is 39.7 Å². The molecule has 1 aliphatic rings. The number of nitrogens with two attached hydrogens (primary N) is 1. The third kappa shape index (κ3) is 13.2. The molecule has 1 saturated heterocycles. The number of amides is 1. The third-order valence-electron chi connectivity index (χ3n) is 5.92. The van der Waals surface area contributed by atoms with Crippen LogP contribution in [0.15, 0.2) is 29.2 Å². The summed E-state index contributed by atoms with van der Waals surface area (Å²) in [4.78, 5) is 59.2. The predicted octanol–water partition coefficient (Wildman–Crippen LogP) is 0.216. The molecule has 17 heteroatoms. The van der Waals surface area contributed by atoms with E-state index in [0.717, 1.165) is 26.3 Å². The van der Waals surface area contributed by atoms with Crippen molar-refractivity contribution in [3.8, 4) is 0 Å². The van der Waals surface area contributed by atoms with E-state index in [1.54, 1.807) is 12.1 Å². The molecule has 1 aromatic rings. The first-order valence-corrected chi connectivity index (χ1v) is 16.3. The highest BCUT2D eigenvalue weighted by Crippen LogP contribution is 2.30. The van der Waals surface area contributed by atoms with Gasteiger partial charge in [-0.2, -0.15) is 11.8 Å². The summed E-state index contributed by atoms with van der Waals surface area (Å²) in [5, 5.41) is 7.88. The van der Waals surface area contributed by atoms with Crippen molar-refractivity contribution in [1.82, 2.24) is 5.32 Å². The molecule has 0 radical (unpaired) electrons. The molecule has 0 spiro atoms.